The molecule has 0 aliphatic carbocycles. The standard InChI is InChI=1S/C8H10O2S/c1-2-7(9-3-1)5-11-6-8-4-10-8/h1-3,8H,4-6H2. The molecule has 1 saturated heterocycles. The summed E-state index contributed by atoms with van der Waals surface area (Å²) < 4.78 is 10.3. The lowest BCUT2D eigenvalue weighted by molar-refractivity contribution is 0.426. The van der Waals surface area contributed by atoms with Crippen molar-refractivity contribution in [3.63, 3.8) is 0 Å². The summed E-state index contributed by atoms with van der Waals surface area (Å²) in [5, 5.41) is 0. The average Bonchev–Trinajstić information content (AvgIpc) is 2.66. The fraction of sp³-hybridized carbons (Fsp3) is 0.500. The summed E-state index contributed by atoms with van der Waals surface area (Å²) >= 11 is 1.86. The second kappa shape index (κ2) is 3.32. The Balaban J connectivity index is 1.66. The molecule has 11 heavy (non-hydrogen) atoms. The second-order valence-corrected chi connectivity index (χ2v) is 3.58. The van der Waals surface area contributed by atoms with Crippen molar-refractivity contribution < 1.29 is 9.15 Å². The van der Waals surface area contributed by atoms with Crippen LogP contribution in [0.15, 0.2) is 22.8 Å². The second-order valence-electron chi connectivity index (χ2n) is 2.55. The fourth-order valence-corrected chi connectivity index (χ4v) is 1.79. The highest BCUT2D eigenvalue weighted by atomic mass is 32.2. The number of furan rings is 1. The Hall–Kier alpha value is -0.410. The summed E-state index contributed by atoms with van der Waals surface area (Å²) in [7, 11) is 0. The first-order valence-corrected chi connectivity index (χ1v) is 4.82. The molecule has 1 aromatic heterocycles. The van der Waals surface area contributed by atoms with E-state index < -0.39 is 0 Å². The molecule has 0 spiro atoms. The van der Waals surface area contributed by atoms with E-state index in [1.54, 1.807) is 6.26 Å². The molecular weight excluding hydrogens is 160 g/mol. The van der Waals surface area contributed by atoms with E-state index in [1.165, 1.54) is 0 Å². The van der Waals surface area contributed by atoms with E-state index in [1.807, 2.05) is 23.9 Å². The van der Waals surface area contributed by atoms with Gasteiger partial charge in [-0.05, 0) is 12.1 Å². The Morgan fingerprint density at radius 2 is 2.55 bits per heavy atom. The van der Waals surface area contributed by atoms with E-state index in [2.05, 4.69) is 0 Å². The van der Waals surface area contributed by atoms with Crippen LogP contribution in [0.5, 0.6) is 0 Å². The van der Waals surface area contributed by atoms with Gasteiger partial charge in [-0.3, -0.25) is 0 Å². The van der Waals surface area contributed by atoms with Crippen LogP contribution in [-0.2, 0) is 10.5 Å². The SMILES string of the molecule is c1coc(CSCC2CO2)c1. The van der Waals surface area contributed by atoms with Gasteiger partial charge in [0.2, 0.25) is 0 Å². The topological polar surface area (TPSA) is 25.7 Å². The fourth-order valence-electron chi connectivity index (χ4n) is 0.850. The first kappa shape index (κ1) is 7.25. The highest BCUT2D eigenvalue weighted by Gasteiger charge is 2.21. The third-order valence-corrected chi connectivity index (χ3v) is 2.63. The van der Waals surface area contributed by atoms with Gasteiger partial charge in [-0.15, -0.1) is 0 Å². The van der Waals surface area contributed by atoms with E-state index in [0.717, 1.165) is 23.9 Å². The van der Waals surface area contributed by atoms with Gasteiger partial charge in [0.05, 0.1) is 24.7 Å². The lowest BCUT2D eigenvalue weighted by atomic mass is 10.5. The van der Waals surface area contributed by atoms with Crippen molar-refractivity contribution in [1.29, 1.82) is 0 Å². The molecule has 0 saturated carbocycles. The van der Waals surface area contributed by atoms with Crippen molar-refractivity contribution in [3.8, 4) is 0 Å². The van der Waals surface area contributed by atoms with Crippen molar-refractivity contribution in [3.05, 3.63) is 24.2 Å². The van der Waals surface area contributed by atoms with Crippen molar-refractivity contribution >= 4 is 11.8 Å². The normalized spacial score (nSPS) is 22.0. The largest absolute Gasteiger partial charge is 0.468 e. The molecule has 0 aromatic carbocycles. The summed E-state index contributed by atoms with van der Waals surface area (Å²) in [6, 6.07) is 3.92. The Bertz CT molecular complexity index is 204. The van der Waals surface area contributed by atoms with E-state index in [9.17, 15) is 0 Å². The van der Waals surface area contributed by atoms with Crippen LogP contribution < -0.4 is 0 Å². The molecule has 1 aliphatic heterocycles. The van der Waals surface area contributed by atoms with Gasteiger partial charge in [0.25, 0.3) is 0 Å². The maximum absolute atomic E-state index is 5.17. The number of epoxide rings is 1. The van der Waals surface area contributed by atoms with Crippen LogP contribution in [0.25, 0.3) is 0 Å². The Labute approximate surface area is 69.9 Å². The molecule has 2 heterocycles. The number of hydrogen-bond acceptors (Lipinski definition) is 3. The molecule has 0 N–H and O–H groups in total. The minimum Gasteiger partial charge on any atom is -0.468 e. The van der Waals surface area contributed by atoms with Gasteiger partial charge >= 0.3 is 0 Å². The quantitative estimate of drug-likeness (QED) is 0.645. The van der Waals surface area contributed by atoms with Gasteiger partial charge in [0, 0.05) is 5.75 Å². The van der Waals surface area contributed by atoms with Crippen molar-refractivity contribution in [2.45, 2.75) is 11.9 Å². The van der Waals surface area contributed by atoms with Gasteiger partial charge < -0.3 is 9.15 Å². The van der Waals surface area contributed by atoms with Crippen LogP contribution in [0.3, 0.4) is 0 Å². The number of thioether (sulfide) groups is 1. The molecule has 1 atom stereocenters. The molecule has 1 fully saturated rings. The zero-order valence-electron chi connectivity index (χ0n) is 6.16. The third-order valence-electron chi connectivity index (χ3n) is 1.53. The van der Waals surface area contributed by atoms with Crippen LogP contribution in [0.1, 0.15) is 5.76 Å². The first-order valence-electron chi connectivity index (χ1n) is 3.67. The summed E-state index contributed by atoms with van der Waals surface area (Å²) in [6.07, 6.45) is 2.23. The molecule has 1 aliphatic rings. The summed E-state index contributed by atoms with van der Waals surface area (Å²) in [6.45, 7) is 0.950. The lowest BCUT2D eigenvalue weighted by Crippen LogP contribution is -1.88. The number of ether oxygens (including phenoxy) is 1. The summed E-state index contributed by atoms with van der Waals surface area (Å²) in [4.78, 5) is 0. The van der Waals surface area contributed by atoms with Gasteiger partial charge in [0.1, 0.15) is 5.76 Å². The van der Waals surface area contributed by atoms with Crippen molar-refractivity contribution in [2.24, 2.45) is 0 Å². The molecule has 0 radical (unpaired) electrons. The highest BCUT2D eigenvalue weighted by molar-refractivity contribution is 7.98. The predicted octanol–water partition coefficient (Wildman–Crippen LogP) is 1.91. The monoisotopic (exact) mass is 170 g/mol. The average molecular weight is 170 g/mol. The van der Waals surface area contributed by atoms with Gasteiger partial charge in [-0.2, -0.15) is 11.8 Å². The molecule has 60 valence electrons. The van der Waals surface area contributed by atoms with Crippen LogP contribution in [-0.4, -0.2) is 18.5 Å². The molecular formula is C8H10O2S. The Morgan fingerprint density at radius 1 is 1.64 bits per heavy atom. The number of rotatable bonds is 4. The lowest BCUT2D eigenvalue weighted by Gasteiger charge is -1.93. The Kier molecular flexibility index (Phi) is 2.19. The molecule has 0 bridgehead atoms. The highest BCUT2D eigenvalue weighted by Crippen LogP contribution is 2.19. The van der Waals surface area contributed by atoms with E-state index in [4.69, 9.17) is 9.15 Å². The van der Waals surface area contributed by atoms with Crippen LogP contribution in [0.4, 0.5) is 0 Å². The van der Waals surface area contributed by atoms with Crippen molar-refractivity contribution in [2.75, 3.05) is 12.4 Å². The zero-order valence-corrected chi connectivity index (χ0v) is 6.97. The molecule has 1 unspecified atom stereocenters. The predicted molar refractivity (Wildman–Crippen MR) is 44.6 cm³/mol. The molecule has 2 rings (SSSR count). The third kappa shape index (κ3) is 2.27. The van der Waals surface area contributed by atoms with Crippen LogP contribution in [0.2, 0.25) is 0 Å². The van der Waals surface area contributed by atoms with Crippen LogP contribution in [0, 0.1) is 0 Å². The molecule has 2 nitrogen and oxygen atoms in total. The first-order chi connectivity index (χ1) is 5.45. The number of hydrogen-bond donors (Lipinski definition) is 0. The van der Waals surface area contributed by atoms with Gasteiger partial charge in [-0.1, -0.05) is 0 Å². The van der Waals surface area contributed by atoms with Crippen LogP contribution >= 0.6 is 11.8 Å². The maximum Gasteiger partial charge on any atom is 0.113 e. The Morgan fingerprint density at radius 3 is 3.18 bits per heavy atom. The summed E-state index contributed by atoms with van der Waals surface area (Å²) in [5.74, 6) is 3.11. The van der Waals surface area contributed by atoms with E-state index in [0.29, 0.717) is 6.10 Å². The molecule has 1 aromatic rings. The minimum absolute atomic E-state index is 0.523. The zero-order chi connectivity index (χ0) is 7.52. The molecule has 0 amide bonds. The summed E-state index contributed by atoms with van der Waals surface area (Å²) in [5.41, 5.74) is 0. The van der Waals surface area contributed by atoms with E-state index >= 15 is 0 Å². The van der Waals surface area contributed by atoms with E-state index in [-0.39, 0.29) is 0 Å². The smallest absolute Gasteiger partial charge is 0.113 e. The minimum atomic E-state index is 0.523. The molecule has 3 heteroatoms. The van der Waals surface area contributed by atoms with Crippen molar-refractivity contribution in [1.82, 2.24) is 0 Å². The van der Waals surface area contributed by atoms with Gasteiger partial charge in [0.15, 0.2) is 0 Å². The van der Waals surface area contributed by atoms with Gasteiger partial charge in [-0.25, -0.2) is 0 Å². The maximum atomic E-state index is 5.17.